The maximum Gasteiger partial charge on any atom is 0.186 e. The quantitative estimate of drug-likeness (QED) is 0.326. The van der Waals surface area contributed by atoms with Gasteiger partial charge in [-0.15, -0.1) is 0 Å². The third-order valence-corrected chi connectivity index (χ3v) is 13.7. The lowest BCUT2D eigenvalue weighted by Gasteiger charge is -2.59. The highest BCUT2D eigenvalue weighted by atomic mass is 16.7. The van der Waals surface area contributed by atoms with E-state index in [0.717, 1.165) is 44.6 Å². The van der Waals surface area contributed by atoms with Gasteiger partial charge in [-0.05, 0) is 98.2 Å². The van der Waals surface area contributed by atoms with E-state index in [2.05, 4.69) is 39.1 Å². The number of allylic oxidation sites excluding steroid dienone is 1. The number of piperidine rings is 1. The topological polar surface area (TPSA) is 121 Å². The number of ether oxygens (including phenoxy) is 3. The van der Waals surface area contributed by atoms with E-state index in [4.69, 9.17) is 14.2 Å². The summed E-state index contributed by atoms with van der Waals surface area (Å²) in [5.41, 5.74) is 1.86. The summed E-state index contributed by atoms with van der Waals surface area (Å²) >= 11 is 0. The summed E-state index contributed by atoms with van der Waals surface area (Å²) in [4.78, 5) is 0. The van der Waals surface area contributed by atoms with Crippen molar-refractivity contribution in [1.82, 2.24) is 5.32 Å². The van der Waals surface area contributed by atoms with Crippen LogP contribution in [0.25, 0.3) is 0 Å². The first-order chi connectivity index (χ1) is 19.5. The summed E-state index contributed by atoms with van der Waals surface area (Å²) in [6.45, 7) is 10.5. The summed E-state index contributed by atoms with van der Waals surface area (Å²) in [7, 11) is 0. The molecular formula is C33H53NO7. The third kappa shape index (κ3) is 4.29. The van der Waals surface area contributed by atoms with E-state index < -0.39 is 37.3 Å². The predicted octanol–water partition coefficient (Wildman–Crippen LogP) is 3.11. The lowest BCUT2D eigenvalue weighted by Crippen LogP contribution is -2.60. The Kier molecular flexibility index (Phi) is 7.27. The molecule has 7 aliphatic rings. The van der Waals surface area contributed by atoms with Crippen molar-refractivity contribution in [3.8, 4) is 0 Å². The normalized spacial score (nSPS) is 58.3. The van der Waals surface area contributed by atoms with Crippen LogP contribution in [0.15, 0.2) is 11.6 Å². The van der Waals surface area contributed by atoms with Gasteiger partial charge in [-0.1, -0.05) is 39.3 Å². The molecule has 41 heavy (non-hydrogen) atoms. The van der Waals surface area contributed by atoms with Crippen LogP contribution < -0.4 is 5.32 Å². The van der Waals surface area contributed by atoms with Crippen molar-refractivity contribution < 1.29 is 34.6 Å². The van der Waals surface area contributed by atoms with E-state index in [1.807, 2.05) is 0 Å². The van der Waals surface area contributed by atoms with Crippen molar-refractivity contribution in [3.05, 3.63) is 11.6 Å². The fraction of sp³-hybridized carbons (Fsp3) is 0.939. The van der Waals surface area contributed by atoms with Crippen LogP contribution in [0.1, 0.15) is 85.5 Å². The van der Waals surface area contributed by atoms with Crippen LogP contribution in [0.4, 0.5) is 0 Å². The molecule has 7 rings (SSSR count). The Morgan fingerprint density at radius 3 is 2.54 bits per heavy atom. The number of aliphatic hydroxyl groups is 4. The van der Waals surface area contributed by atoms with Crippen molar-refractivity contribution in [2.75, 3.05) is 13.2 Å². The van der Waals surface area contributed by atoms with Gasteiger partial charge in [-0.3, -0.25) is 5.32 Å². The molecular weight excluding hydrogens is 522 g/mol. The Morgan fingerprint density at radius 1 is 1.00 bits per heavy atom. The molecule has 0 aromatic rings. The number of aliphatic hydroxyl groups excluding tert-OH is 4. The van der Waals surface area contributed by atoms with Gasteiger partial charge in [-0.25, -0.2) is 0 Å². The van der Waals surface area contributed by atoms with Gasteiger partial charge in [0, 0.05) is 12.5 Å². The van der Waals surface area contributed by atoms with E-state index in [1.54, 1.807) is 0 Å². The number of rotatable bonds is 3. The molecule has 5 N–H and O–H groups in total. The minimum atomic E-state index is -1.41. The van der Waals surface area contributed by atoms with Gasteiger partial charge < -0.3 is 34.6 Å². The largest absolute Gasteiger partial charge is 0.394 e. The van der Waals surface area contributed by atoms with Gasteiger partial charge in [0.1, 0.15) is 30.1 Å². The fourth-order valence-electron chi connectivity index (χ4n) is 11.3. The van der Waals surface area contributed by atoms with Crippen LogP contribution in [0.3, 0.4) is 0 Å². The van der Waals surface area contributed by atoms with Crippen LogP contribution in [0.2, 0.25) is 0 Å². The summed E-state index contributed by atoms with van der Waals surface area (Å²) in [5, 5.41) is 44.3. The lowest BCUT2D eigenvalue weighted by molar-refractivity contribution is -0.313. The zero-order valence-corrected chi connectivity index (χ0v) is 25.4. The van der Waals surface area contributed by atoms with Crippen molar-refractivity contribution in [2.45, 2.75) is 134 Å². The van der Waals surface area contributed by atoms with Crippen LogP contribution >= 0.6 is 0 Å². The van der Waals surface area contributed by atoms with E-state index in [9.17, 15) is 20.4 Å². The molecule has 6 fully saturated rings. The second-order valence-corrected chi connectivity index (χ2v) is 15.6. The highest BCUT2D eigenvalue weighted by Crippen LogP contribution is 2.70. The maximum absolute atomic E-state index is 10.5. The predicted molar refractivity (Wildman–Crippen MR) is 152 cm³/mol. The molecule has 0 aromatic heterocycles. The van der Waals surface area contributed by atoms with Gasteiger partial charge in [0.05, 0.1) is 18.8 Å². The van der Waals surface area contributed by atoms with Crippen LogP contribution in [0, 0.1) is 46.3 Å². The molecule has 8 unspecified atom stereocenters. The lowest BCUT2D eigenvalue weighted by atomic mass is 9.47. The molecule has 1 spiro atoms. The molecule has 8 heteroatoms. The van der Waals surface area contributed by atoms with Crippen molar-refractivity contribution >= 4 is 0 Å². The van der Waals surface area contributed by atoms with Crippen molar-refractivity contribution in [1.29, 1.82) is 0 Å². The highest BCUT2D eigenvalue weighted by molar-refractivity contribution is 5.26. The number of fused-ring (bicyclic) bond motifs is 7. The Morgan fingerprint density at radius 2 is 1.80 bits per heavy atom. The zero-order chi connectivity index (χ0) is 28.9. The molecule has 3 saturated heterocycles. The summed E-state index contributed by atoms with van der Waals surface area (Å²) in [6, 6.07) is 0. The van der Waals surface area contributed by atoms with E-state index in [0.29, 0.717) is 41.1 Å². The number of nitrogens with one attached hydrogen (secondary N) is 1. The van der Waals surface area contributed by atoms with Gasteiger partial charge in [0.2, 0.25) is 0 Å². The minimum Gasteiger partial charge on any atom is -0.394 e. The highest BCUT2D eigenvalue weighted by Gasteiger charge is 2.68. The van der Waals surface area contributed by atoms with Crippen LogP contribution in [0.5, 0.6) is 0 Å². The fourth-order valence-corrected chi connectivity index (χ4v) is 11.3. The maximum atomic E-state index is 10.5. The smallest absolute Gasteiger partial charge is 0.186 e. The van der Waals surface area contributed by atoms with E-state index >= 15 is 0 Å². The number of hydrogen-bond acceptors (Lipinski definition) is 8. The van der Waals surface area contributed by atoms with E-state index in [-0.39, 0.29) is 17.2 Å². The van der Waals surface area contributed by atoms with E-state index in [1.165, 1.54) is 31.3 Å². The zero-order valence-electron chi connectivity index (χ0n) is 25.4. The molecule has 8 nitrogen and oxygen atoms in total. The SMILES string of the molecule is CC1CCC2(NC1)O[C@H]1C[C@H]3[C@@H]4CC=C5CC(OC6OC(CO)C(O)C(O)C6O)CC[C@]5(C)[C@H]4CC[C@]3(C)[C@H]1[C@@H]2C. The van der Waals surface area contributed by atoms with Gasteiger partial charge in [0.15, 0.2) is 6.29 Å². The van der Waals surface area contributed by atoms with Crippen molar-refractivity contribution in [2.24, 2.45) is 46.3 Å². The molecule has 0 aromatic carbocycles. The Bertz CT molecular complexity index is 1030. The van der Waals surface area contributed by atoms with Crippen molar-refractivity contribution in [3.63, 3.8) is 0 Å². The Hall–Kier alpha value is -0.580. The monoisotopic (exact) mass is 575 g/mol. The van der Waals surface area contributed by atoms with Crippen LogP contribution in [-0.4, -0.2) is 82.2 Å². The van der Waals surface area contributed by atoms with Gasteiger partial charge >= 0.3 is 0 Å². The Labute approximate surface area is 245 Å². The summed E-state index contributed by atoms with van der Waals surface area (Å²) in [5.74, 6) is 3.99. The standard InChI is InChI=1S/C33H53NO7/c1-17-7-12-33(34-15-17)18(2)26-24(41-33)14-23-21-6-5-19-13-20(8-10-31(19,3)22(21)9-11-32(23,26)4)39-30-29(38)28(37)27(36)25(16-35)40-30/h5,17-18,20-30,34-38H,6-16H2,1-4H3/t17?,18-,20?,21+,22-,23-,24-,25?,26-,27?,28?,29?,30?,31-,32-,33?/m0/s1. The third-order valence-electron chi connectivity index (χ3n) is 13.7. The first-order valence-corrected chi connectivity index (χ1v) is 16.6. The molecule has 3 aliphatic heterocycles. The number of hydrogen-bond donors (Lipinski definition) is 5. The minimum absolute atomic E-state index is 0.113. The Balaban J connectivity index is 1.05. The molecule has 232 valence electrons. The molecule has 4 aliphatic carbocycles. The molecule has 3 heterocycles. The first-order valence-electron chi connectivity index (χ1n) is 16.6. The molecule has 0 amide bonds. The molecule has 0 radical (unpaired) electrons. The average molecular weight is 576 g/mol. The van der Waals surface area contributed by atoms with Gasteiger partial charge in [0.25, 0.3) is 0 Å². The summed E-state index contributed by atoms with van der Waals surface area (Å²) < 4.78 is 18.9. The second-order valence-electron chi connectivity index (χ2n) is 15.6. The van der Waals surface area contributed by atoms with Crippen LogP contribution in [-0.2, 0) is 14.2 Å². The first kappa shape index (κ1) is 29.1. The summed E-state index contributed by atoms with van der Waals surface area (Å²) in [6.07, 6.45) is 6.64. The van der Waals surface area contributed by atoms with Gasteiger partial charge in [-0.2, -0.15) is 0 Å². The average Bonchev–Trinajstić information content (AvgIpc) is 3.40. The molecule has 3 saturated carbocycles. The second kappa shape index (κ2) is 10.2. The molecule has 0 bridgehead atoms. The molecule has 16 atom stereocenters.